The van der Waals surface area contributed by atoms with Crippen LogP contribution in [0.1, 0.15) is 34.9 Å². The Morgan fingerprint density at radius 3 is 3.17 bits per heavy atom. The molecule has 0 aliphatic carbocycles. The summed E-state index contributed by atoms with van der Waals surface area (Å²) >= 11 is 0. The number of piperidine rings is 1. The van der Waals surface area contributed by atoms with E-state index in [1.54, 1.807) is 6.07 Å². The van der Waals surface area contributed by atoms with Crippen LogP contribution in [0.15, 0.2) is 36.5 Å². The molecule has 1 aliphatic rings. The van der Waals surface area contributed by atoms with Gasteiger partial charge in [-0.2, -0.15) is 5.10 Å². The van der Waals surface area contributed by atoms with Crippen molar-refractivity contribution in [3.63, 3.8) is 0 Å². The smallest absolute Gasteiger partial charge is 0.271 e. The van der Waals surface area contributed by atoms with Crippen LogP contribution in [0.4, 0.5) is 0 Å². The molecule has 6 nitrogen and oxygen atoms in total. The first kappa shape index (κ1) is 16.5. The van der Waals surface area contributed by atoms with Crippen LogP contribution in [-0.4, -0.2) is 41.9 Å². The first-order valence-corrected chi connectivity index (χ1v) is 8.46. The van der Waals surface area contributed by atoms with Gasteiger partial charge in [0.25, 0.3) is 5.91 Å². The van der Waals surface area contributed by atoms with Gasteiger partial charge in [-0.3, -0.25) is 9.48 Å². The molecule has 1 aliphatic heterocycles. The van der Waals surface area contributed by atoms with Crippen LogP contribution < -0.4 is 15.4 Å². The molecule has 1 aromatic heterocycles. The lowest BCUT2D eigenvalue weighted by Crippen LogP contribution is -2.32. The minimum atomic E-state index is -0.162. The number of benzene rings is 1. The van der Waals surface area contributed by atoms with Crippen LogP contribution in [0.3, 0.4) is 0 Å². The van der Waals surface area contributed by atoms with Crippen LogP contribution >= 0.6 is 0 Å². The number of rotatable bonds is 6. The molecule has 2 aromatic rings. The fraction of sp³-hybridized carbons (Fsp3) is 0.444. The molecule has 128 valence electrons. The molecule has 1 aromatic carbocycles. The first-order chi connectivity index (χ1) is 11.7. The molecule has 1 atom stereocenters. The molecule has 0 saturated carbocycles. The summed E-state index contributed by atoms with van der Waals surface area (Å²) in [5.74, 6) is 0.656. The van der Waals surface area contributed by atoms with Crippen molar-refractivity contribution >= 4 is 5.91 Å². The summed E-state index contributed by atoms with van der Waals surface area (Å²) in [4.78, 5) is 12.1. The molecule has 3 rings (SSSR count). The van der Waals surface area contributed by atoms with Gasteiger partial charge in [0.15, 0.2) is 0 Å². The molecule has 24 heavy (non-hydrogen) atoms. The zero-order chi connectivity index (χ0) is 16.8. The van der Waals surface area contributed by atoms with E-state index in [0.29, 0.717) is 24.9 Å². The maximum absolute atomic E-state index is 12.1. The van der Waals surface area contributed by atoms with E-state index in [-0.39, 0.29) is 5.91 Å². The van der Waals surface area contributed by atoms with Crippen molar-refractivity contribution < 1.29 is 9.53 Å². The average Bonchev–Trinajstić information content (AvgIpc) is 3.10. The maximum atomic E-state index is 12.1. The number of nitrogens with zero attached hydrogens (tertiary/aromatic N) is 2. The van der Waals surface area contributed by atoms with Gasteiger partial charge in [0.2, 0.25) is 0 Å². The SMILES string of the molecule is Cc1cccc(OCCNC(=O)c2ccn(C3CCCNC3)n2)c1. The van der Waals surface area contributed by atoms with E-state index in [4.69, 9.17) is 4.74 Å². The van der Waals surface area contributed by atoms with Gasteiger partial charge in [0, 0.05) is 12.7 Å². The van der Waals surface area contributed by atoms with E-state index in [0.717, 1.165) is 37.2 Å². The second-order valence-electron chi connectivity index (χ2n) is 6.10. The Hall–Kier alpha value is -2.34. The molecule has 1 saturated heterocycles. The van der Waals surface area contributed by atoms with E-state index in [1.807, 2.05) is 42.1 Å². The zero-order valence-electron chi connectivity index (χ0n) is 14.0. The number of hydrogen-bond donors (Lipinski definition) is 2. The number of carbonyl (C=O) groups excluding carboxylic acids is 1. The molecule has 2 N–H and O–H groups in total. The molecule has 6 heteroatoms. The fourth-order valence-corrected chi connectivity index (χ4v) is 2.85. The summed E-state index contributed by atoms with van der Waals surface area (Å²) in [5, 5.41) is 10.6. The third-order valence-corrected chi connectivity index (χ3v) is 4.13. The van der Waals surface area contributed by atoms with Crippen LogP contribution in [-0.2, 0) is 0 Å². The summed E-state index contributed by atoms with van der Waals surface area (Å²) in [7, 11) is 0. The van der Waals surface area contributed by atoms with Crippen molar-refractivity contribution in [3.8, 4) is 5.75 Å². The lowest BCUT2D eigenvalue weighted by Gasteiger charge is -2.22. The number of aryl methyl sites for hydroxylation is 1. The lowest BCUT2D eigenvalue weighted by molar-refractivity contribution is 0.0940. The highest BCUT2D eigenvalue weighted by Crippen LogP contribution is 2.15. The van der Waals surface area contributed by atoms with Crippen molar-refractivity contribution in [1.82, 2.24) is 20.4 Å². The van der Waals surface area contributed by atoms with E-state index in [9.17, 15) is 4.79 Å². The van der Waals surface area contributed by atoms with Crippen molar-refractivity contribution in [3.05, 3.63) is 47.8 Å². The summed E-state index contributed by atoms with van der Waals surface area (Å²) < 4.78 is 7.52. The Balaban J connectivity index is 1.44. The fourth-order valence-electron chi connectivity index (χ4n) is 2.85. The summed E-state index contributed by atoms with van der Waals surface area (Å²) in [6.07, 6.45) is 4.12. The molecule has 1 fully saturated rings. The van der Waals surface area contributed by atoms with Crippen LogP contribution in [0, 0.1) is 6.92 Å². The highest BCUT2D eigenvalue weighted by Gasteiger charge is 2.17. The Labute approximate surface area is 142 Å². The van der Waals surface area contributed by atoms with Gasteiger partial charge < -0.3 is 15.4 Å². The highest BCUT2D eigenvalue weighted by atomic mass is 16.5. The van der Waals surface area contributed by atoms with Gasteiger partial charge in [0.05, 0.1) is 12.6 Å². The van der Waals surface area contributed by atoms with E-state index >= 15 is 0 Å². The summed E-state index contributed by atoms with van der Waals surface area (Å²) in [6, 6.07) is 9.97. The number of aromatic nitrogens is 2. The normalized spacial score (nSPS) is 17.5. The van der Waals surface area contributed by atoms with Crippen molar-refractivity contribution in [2.45, 2.75) is 25.8 Å². The lowest BCUT2D eigenvalue weighted by atomic mass is 10.1. The minimum Gasteiger partial charge on any atom is -0.492 e. The standard InChI is InChI=1S/C18H24N4O2/c1-14-4-2-6-16(12-14)24-11-9-20-18(23)17-7-10-22(21-17)15-5-3-8-19-13-15/h2,4,6-7,10,12,15,19H,3,5,8-9,11,13H2,1H3,(H,20,23). The third kappa shape index (κ3) is 4.35. The molecule has 0 bridgehead atoms. The second kappa shape index (κ2) is 7.97. The van der Waals surface area contributed by atoms with Crippen molar-refractivity contribution in [1.29, 1.82) is 0 Å². The van der Waals surface area contributed by atoms with Gasteiger partial charge in [0.1, 0.15) is 18.1 Å². The molecule has 1 amide bonds. The minimum absolute atomic E-state index is 0.162. The average molecular weight is 328 g/mol. The third-order valence-electron chi connectivity index (χ3n) is 4.13. The number of ether oxygens (including phenoxy) is 1. The number of carbonyl (C=O) groups is 1. The first-order valence-electron chi connectivity index (χ1n) is 8.46. The summed E-state index contributed by atoms with van der Waals surface area (Å²) in [6.45, 7) is 4.87. The predicted octanol–water partition coefficient (Wildman–Crippen LogP) is 1.92. The molecular formula is C18H24N4O2. The van der Waals surface area contributed by atoms with E-state index < -0.39 is 0 Å². The quantitative estimate of drug-likeness (QED) is 0.795. The van der Waals surface area contributed by atoms with Gasteiger partial charge >= 0.3 is 0 Å². The Kier molecular flexibility index (Phi) is 5.48. The maximum Gasteiger partial charge on any atom is 0.271 e. The number of hydrogen-bond acceptors (Lipinski definition) is 4. The van der Waals surface area contributed by atoms with E-state index in [1.165, 1.54) is 0 Å². The Morgan fingerprint density at radius 2 is 2.38 bits per heavy atom. The Bertz CT molecular complexity index is 677. The van der Waals surface area contributed by atoms with Gasteiger partial charge in [-0.25, -0.2) is 0 Å². The van der Waals surface area contributed by atoms with Crippen LogP contribution in [0.25, 0.3) is 0 Å². The van der Waals surface area contributed by atoms with Gasteiger partial charge in [-0.15, -0.1) is 0 Å². The monoisotopic (exact) mass is 328 g/mol. The number of amides is 1. The van der Waals surface area contributed by atoms with Gasteiger partial charge in [-0.05, 0) is 50.1 Å². The van der Waals surface area contributed by atoms with Crippen molar-refractivity contribution in [2.24, 2.45) is 0 Å². The van der Waals surface area contributed by atoms with E-state index in [2.05, 4.69) is 15.7 Å². The Morgan fingerprint density at radius 1 is 1.46 bits per heavy atom. The van der Waals surface area contributed by atoms with Crippen molar-refractivity contribution in [2.75, 3.05) is 26.2 Å². The molecule has 0 radical (unpaired) electrons. The molecule has 0 spiro atoms. The van der Waals surface area contributed by atoms with Crippen LogP contribution in [0.5, 0.6) is 5.75 Å². The second-order valence-corrected chi connectivity index (χ2v) is 6.10. The molecular weight excluding hydrogens is 304 g/mol. The number of nitrogens with one attached hydrogen (secondary N) is 2. The summed E-state index contributed by atoms with van der Waals surface area (Å²) in [5.41, 5.74) is 1.61. The molecule has 1 unspecified atom stereocenters. The highest BCUT2D eigenvalue weighted by molar-refractivity contribution is 5.92. The van der Waals surface area contributed by atoms with Crippen LogP contribution in [0.2, 0.25) is 0 Å². The zero-order valence-corrected chi connectivity index (χ0v) is 14.0. The topological polar surface area (TPSA) is 68.2 Å². The van der Waals surface area contributed by atoms with Gasteiger partial charge in [-0.1, -0.05) is 12.1 Å². The largest absolute Gasteiger partial charge is 0.492 e. The predicted molar refractivity (Wildman–Crippen MR) is 92.4 cm³/mol. The molecule has 2 heterocycles.